The average Bonchev–Trinajstić information content (AvgIpc) is 3.55. The second kappa shape index (κ2) is 28.5. The normalized spacial score (nSPS) is 40.1. The fourth-order valence-corrected chi connectivity index (χ4v) is 8.09. The summed E-state index contributed by atoms with van der Waals surface area (Å²) in [5, 5.41) is 81.5. The third-order valence-electron chi connectivity index (χ3n) is 12.0. The van der Waals surface area contributed by atoms with Crippen molar-refractivity contribution >= 4 is 5.97 Å². The number of aliphatic carboxylic acids is 1. The Hall–Kier alpha value is -1.55. The Kier molecular flexibility index (Phi) is 25.2. The molecule has 1 aliphatic carbocycles. The molecule has 0 aromatic carbocycles. The first-order valence-corrected chi connectivity index (χ1v) is 22.5. The Morgan fingerprint density at radius 2 is 1.02 bits per heavy atom. The summed E-state index contributed by atoms with van der Waals surface area (Å²) in [6.45, 7) is 1.29. The number of carboxylic acids is 1. The van der Waals surface area contributed by atoms with Gasteiger partial charge in [0, 0.05) is 31.6 Å². The summed E-state index contributed by atoms with van der Waals surface area (Å²) in [5.41, 5.74) is 35.6. The molecule has 19 atom stereocenters. The minimum absolute atomic E-state index is 0.0889. The molecule has 21 heteroatoms. The van der Waals surface area contributed by atoms with Crippen LogP contribution in [0.1, 0.15) is 103 Å². The van der Waals surface area contributed by atoms with Crippen molar-refractivity contribution in [3.63, 3.8) is 0 Å². The van der Waals surface area contributed by atoms with Crippen molar-refractivity contribution in [2.75, 3.05) is 19.7 Å². The molecule has 0 aromatic heterocycles. The Morgan fingerprint density at radius 3 is 1.50 bits per heavy atom. The van der Waals surface area contributed by atoms with Gasteiger partial charge in [-0.15, -0.1) is 0 Å². The first-order valence-electron chi connectivity index (χ1n) is 22.5. The molecule has 0 radical (unpaired) electrons. The fraction of sp³-hybridized carbons (Fsp3) is 0.927. The third-order valence-corrected chi connectivity index (χ3v) is 12.0. The van der Waals surface area contributed by atoms with Gasteiger partial charge in [-0.2, -0.15) is 0 Å². The van der Waals surface area contributed by atoms with Gasteiger partial charge in [-0.05, 0) is 38.5 Å². The Bertz CT molecular complexity index is 1260. The number of nitrogens with two attached hydrogens (primary N) is 6. The Labute approximate surface area is 365 Å². The van der Waals surface area contributed by atoms with E-state index in [0.29, 0.717) is 6.42 Å². The number of ether oxygens (including phenoxy) is 6. The maximum absolute atomic E-state index is 11.1. The Morgan fingerprint density at radius 1 is 0.565 bits per heavy atom. The number of unbranched alkanes of at least 4 members (excludes halogenated alkanes) is 11. The summed E-state index contributed by atoms with van der Waals surface area (Å²) in [4.78, 5) is 10.3. The molecule has 62 heavy (non-hydrogen) atoms. The van der Waals surface area contributed by atoms with Gasteiger partial charge < -0.3 is 104 Å². The molecule has 3 heterocycles. The molecule has 0 amide bonds. The maximum atomic E-state index is 11.1. The first kappa shape index (κ1) is 54.8. The van der Waals surface area contributed by atoms with E-state index in [2.05, 4.69) is 19.1 Å². The summed E-state index contributed by atoms with van der Waals surface area (Å²) >= 11 is 0. The summed E-state index contributed by atoms with van der Waals surface area (Å²) in [7, 11) is 0. The second-order valence-corrected chi connectivity index (χ2v) is 17.0. The molecule has 4 aliphatic rings. The van der Waals surface area contributed by atoms with E-state index in [-0.39, 0.29) is 19.5 Å². The van der Waals surface area contributed by atoms with Gasteiger partial charge in [0.15, 0.2) is 18.9 Å². The molecule has 4 fully saturated rings. The van der Waals surface area contributed by atoms with Crippen LogP contribution in [0.25, 0.3) is 0 Å². The van der Waals surface area contributed by atoms with E-state index >= 15 is 0 Å². The second-order valence-electron chi connectivity index (χ2n) is 17.0. The lowest BCUT2D eigenvalue weighted by molar-refractivity contribution is -0.306. The minimum Gasteiger partial charge on any atom is -0.481 e. The highest BCUT2D eigenvalue weighted by Gasteiger charge is 2.54. The molecule has 20 N–H and O–H groups in total. The number of aliphatic hydroxyl groups excluding tert-OH is 7. The number of hydrogen-bond donors (Lipinski definition) is 14. The zero-order valence-electron chi connectivity index (χ0n) is 36.3. The predicted octanol–water partition coefficient (Wildman–Crippen LogP) is -2.79. The van der Waals surface area contributed by atoms with Crippen LogP contribution in [0.3, 0.4) is 0 Å². The minimum atomic E-state index is -1.60. The summed E-state index contributed by atoms with van der Waals surface area (Å²) in [5.74, 6) is -0.664. The zero-order valence-corrected chi connectivity index (χ0v) is 36.3. The highest BCUT2D eigenvalue weighted by atomic mass is 16.8. The topological polar surface area (TPSA) is 390 Å². The standard InChI is InChI=1S/C23H46N6O13.C18H34O2/c24-2-7-13(32)15(34)10(28)21(37-7)40-18-6(27)1-5(26)12(31)20(18)42-23-17(36)19(9(4-30)39-23)41-22-11(29)16(35)14(33)8(3-25)38-22;1-2-3-4-5-6-7-8-9-10-11-12-13-14-15-16-17-18(19)20/h5-23,30-36H,1-4,24-29H2;9-10H,2-8,11-17H2,1H3,(H,19,20)/b;10-9-/t5-,6+,7-,8-,9-,10-,11-,12+,13-,14-,15-,16-,17-,18-,19-,20-,21-,22-,23+;/m1./s1. The van der Waals surface area contributed by atoms with Crippen molar-refractivity contribution in [2.45, 2.75) is 220 Å². The summed E-state index contributed by atoms with van der Waals surface area (Å²) in [6.07, 6.45) is 1.46. The lowest BCUT2D eigenvalue weighted by Crippen LogP contribution is -2.68. The van der Waals surface area contributed by atoms with Gasteiger partial charge in [-0.1, -0.05) is 70.4 Å². The van der Waals surface area contributed by atoms with Crippen LogP contribution < -0.4 is 34.4 Å². The van der Waals surface area contributed by atoms with Crippen LogP contribution in [0.5, 0.6) is 0 Å². The lowest BCUT2D eigenvalue weighted by atomic mass is 9.84. The van der Waals surface area contributed by atoms with Gasteiger partial charge in [0.2, 0.25) is 0 Å². The van der Waals surface area contributed by atoms with Crippen molar-refractivity contribution in [1.29, 1.82) is 0 Å². The van der Waals surface area contributed by atoms with Gasteiger partial charge >= 0.3 is 5.97 Å². The van der Waals surface area contributed by atoms with Gasteiger partial charge in [-0.25, -0.2) is 0 Å². The van der Waals surface area contributed by atoms with Crippen LogP contribution >= 0.6 is 0 Å². The highest BCUT2D eigenvalue weighted by Crippen LogP contribution is 2.34. The molecule has 0 spiro atoms. The molecule has 0 unspecified atom stereocenters. The third kappa shape index (κ3) is 16.1. The molecule has 0 aromatic rings. The average molecular weight is 897 g/mol. The molecule has 4 rings (SSSR count). The molecule has 1 saturated carbocycles. The first-order chi connectivity index (χ1) is 29.6. The Balaban J connectivity index is 0.000000432. The zero-order chi connectivity index (χ0) is 45.9. The molecule has 3 aliphatic heterocycles. The SMILES string of the molecule is CCCCCCCC/C=C\CCCCCCCC(=O)O.NC[C@H]1O[C@H](O[C@H]2[C@H](O[C@@H]3O[C@H](CO)[C@@H](O[C@H]4O[C@H](CN)[C@@H](O)[C@H](O)[C@H]4N)[C@H]3O)[C@@H](O)[C@H](N)C[C@@H]2N)[C@H](N)[C@@H](O)[C@@H]1O. The largest absolute Gasteiger partial charge is 0.481 e. The number of carbonyl (C=O) groups is 1. The van der Waals surface area contributed by atoms with Crippen LogP contribution in [0.2, 0.25) is 0 Å². The van der Waals surface area contributed by atoms with E-state index < -0.39 is 129 Å². The molecule has 0 bridgehead atoms. The number of hydrogen-bond acceptors (Lipinski definition) is 20. The van der Waals surface area contributed by atoms with Gasteiger partial charge in [0.25, 0.3) is 0 Å². The maximum Gasteiger partial charge on any atom is 0.303 e. The smallest absolute Gasteiger partial charge is 0.303 e. The van der Waals surface area contributed by atoms with Crippen molar-refractivity contribution in [2.24, 2.45) is 34.4 Å². The molecule has 3 saturated heterocycles. The number of aliphatic hydroxyl groups is 7. The van der Waals surface area contributed by atoms with E-state index in [1.165, 1.54) is 70.6 Å². The summed E-state index contributed by atoms with van der Waals surface area (Å²) in [6, 6.07) is -4.18. The van der Waals surface area contributed by atoms with E-state index in [1.807, 2.05) is 0 Å². The predicted molar refractivity (Wildman–Crippen MR) is 225 cm³/mol. The van der Waals surface area contributed by atoms with Crippen LogP contribution in [0.4, 0.5) is 0 Å². The van der Waals surface area contributed by atoms with Crippen LogP contribution in [-0.4, -0.2) is 183 Å². The number of rotatable bonds is 24. The van der Waals surface area contributed by atoms with Crippen molar-refractivity contribution < 1.29 is 74.1 Å². The van der Waals surface area contributed by atoms with E-state index in [4.69, 9.17) is 67.9 Å². The highest BCUT2D eigenvalue weighted by molar-refractivity contribution is 5.66. The van der Waals surface area contributed by atoms with Gasteiger partial charge in [-0.3, -0.25) is 4.79 Å². The van der Waals surface area contributed by atoms with Crippen molar-refractivity contribution in [3.05, 3.63) is 12.2 Å². The molecule has 364 valence electrons. The number of allylic oxidation sites excluding steroid dienone is 2. The molecular formula is C41H80N6O15. The fourth-order valence-electron chi connectivity index (χ4n) is 8.09. The monoisotopic (exact) mass is 897 g/mol. The van der Waals surface area contributed by atoms with E-state index in [9.17, 15) is 40.5 Å². The van der Waals surface area contributed by atoms with Gasteiger partial charge in [0.05, 0.1) is 24.8 Å². The van der Waals surface area contributed by atoms with E-state index in [1.54, 1.807) is 0 Å². The van der Waals surface area contributed by atoms with Crippen molar-refractivity contribution in [3.8, 4) is 0 Å². The lowest BCUT2D eigenvalue weighted by Gasteiger charge is -2.47. The van der Waals surface area contributed by atoms with E-state index in [0.717, 1.165) is 12.8 Å². The molecular weight excluding hydrogens is 816 g/mol. The van der Waals surface area contributed by atoms with Gasteiger partial charge in [0.1, 0.15) is 67.1 Å². The van der Waals surface area contributed by atoms with Crippen LogP contribution in [-0.2, 0) is 33.2 Å². The number of carboxylic acid groups (broad SMARTS) is 1. The van der Waals surface area contributed by atoms with Crippen molar-refractivity contribution in [1.82, 2.24) is 0 Å². The molecule has 21 nitrogen and oxygen atoms in total. The summed E-state index contributed by atoms with van der Waals surface area (Å²) < 4.78 is 34.6. The quantitative estimate of drug-likeness (QED) is 0.0344. The van der Waals surface area contributed by atoms with Crippen LogP contribution in [0, 0.1) is 0 Å². The van der Waals surface area contributed by atoms with Crippen LogP contribution in [0.15, 0.2) is 12.2 Å².